The molecular weight excluding hydrogens is 252 g/mol. The second-order valence-electron chi connectivity index (χ2n) is 4.82. The molecule has 4 heteroatoms. The highest BCUT2D eigenvalue weighted by molar-refractivity contribution is 6.02. The Labute approximate surface area is 114 Å². The lowest BCUT2D eigenvalue weighted by atomic mass is 10.2. The van der Waals surface area contributed by atoms with Gasteiger partial charge in [-0.3, -0.25) is 4.68 Å². The predicted molar refractivity (Wildman–Crippen MR) is 76.7 cm³/mol. The summed E-state index contributed by atoms with van der Waals surface area (Å²) in [4.78, 5) is 0. The monoisotopic (exact) mass is 264 g/mol. The van der Waals surface area contributed by atoms with Crippen molar-refractivity contribution in [3.63, 3.8) is 0 Å². The van der Waals surface area contributed by atoms with E-state index in [9.17, 15) is 5.11 Å². The number of aromatic hydroxyl groups is 1. The molecule has 2 heterocycles. The molecule has 0 radical (unpaired) electrons. The van der Waals surface area contributed by atoms with Gasteiger partial charge in [-0.15, -0.1) is 0 Å². The first-order chi connectivity index (χ1) is 9.79. The van der Waals surface area contributed by atoms with Crippen LogP contribution in [0.4, 0.5) is 0 Å². The number of aromatic nitrogens is 2. The SMILES string of the molecule is Oc1cc2ccc3cn(Cc4ccccc4)nc3c2o1. The average Bonchev–Trinajstić information content (AvgIpc) is 3.01. The van der Waals surface area contributed by atoms with Crippen LogP contribution >= 0.6 is 0 Å². The molecule has 0 aliphatic carbocycles. The van der Waals surface area contributed by atoms with Crippen molar-refractivity contribution in [2.75, 3.05) is 0 Å². The van der Waals surface area contributed by atoms with Gasteiger partial charge in [0.15, 0.2) is 5.58 Å². The van der Waals surface area contributed by atoms with Crippen LogP contribution in [0.5, 0.6) is 5.95 Å². The van der Waals surface area contributed by atoms with Crippen molar-refractivity contribution in [3.05, 3.63) is 60.3 Å². The second kappa shape index (κ2) is 4.13. The number of furan rings is 1. The Hall–Kier alpha value is -2.75. The highest BCUT2D eigenvalue weighted by Crippen LogP contribution is 2.29. The Bertz CT molecular complexity index is 891. The van der Waals surface area contributed by atoms with Gasteiger partial charge in [0.1, 0.15) is 5.52 Å². The van der Waals surface area contributed by atoms with Gasteiger partial charge in [-0.1, -0.05) is 42.5 Å². The normalized spacial score (nSPS) is 11.4. The van der Waals surface area contributed by atoms with Crippen molar-refractivity contribution in [3.8, 4) is 5.95 Å². The average molecular weight is 264 g/mol. The van der Waals surface area contributed by atoms with Gasteiger partial charge < -0.3 is 9.52 Å². The number of nitrogens with zero attached hydrogens (tertiary/aromatic N) is 2. The molecule has 0 amide bonds. The molecule has 4 rings (SSSR count). The van der Waals surface area contributed by atoms with Crippen molar-refractivity contribution in [2.24, 2.45) is 0 Å². The molecule has 2 aromatic carbocycles. The molecule has 0 unspecified atom stereocenters. The van der Waals surface area contributed by atoms with E-state index in [1.807, 2.05) is 41.2 Å². The van der Waals surface area contributed by atoms with E-state index in [1.165, 1.54) is 5.56 Å². The minimum absolute atomic E-state index is 0.0786. The Morgan fingerprint density at radius 2 is 1.85 bits per heavy atom. The molecule has 20 heavy (non-hydrogen) atoms. The van der Waals surface area contributed by atoms with Gasteiger partial charge in [0.2, 0.25) is 0 Å². The fourth-order valence-corrected chi connectivity index (χ4v) is 2.47. The lowest BCUT2D eigenvalue weighted by Gasteiger charge is -2.00. The lowest BCUT2D eigenvalue weighted by molar-refractivity contribution is 0.347. The number of hydrogen-bond donors (Lipinski definition) is 1. The highest BCUT2D eigenvalue weighted by atomic mass is 16.5. The number of benzene rings is 2. The molecule has 98 valence electrons. The molecular formula is C16H12N2O2. The van der Waals surface area contributed by atoms with E-state index in [-0.39, 0.29) is 5.95 Å². The van der Waals surface area contributed by atoms with Crippen LogP contribution in [-0.4, -0.2) is 14.9 Å². The summed E-state index contributed by atoms with van der Waals surface area (Å²) in [6, 6.07) is 15.7. The topological polar surface area (TPSA) is 51.2 Å². The van der Waals surface area contributed by atoms with Crippen LogP contribution in [0.3, 0.4) is 0 Å². The first kappa shape index (κ1) is 11.1. The molecule has 0 saturated heterocycles. The maximum atomic E-state index is 9.46. The molecule has 0 aliphatic heterocycles. The summed E-state index contributed by atoms with van der Waals surface area (Å²) in [5.41, 5.74) is 2.60. The first-order valence-corrected chi connectivity index (χ1v) is 6.42. The van der Waals surface area contributed by atoms with Crippen molar-refractivity contribution in [1.82, 2.24) is 9.78 Å². The summed E-state index contributed by atoms with van der Waals surface area (Å²) < 4.78 is 7.21. The van der Waals surface area contributed by atoms with Gasteiger partial charge in [-0.05, 0) is 5.56 Å². The minimum atomic E-state index is -0.0786. The van der Waals surface area contributed by atoms with Crippen molar-refractivity contribution in [1.29, 1.82) is 0 Å². The molecule has 0 atom stereocenters. The molecule has 0 saturated carbocycles. The van der Waals surface area contributed by atoms with Crippen LogP contribution in [0.1, 0.15) is 5.56 Å². The zero-order chi connectivity index (χ0) is 13.5. The third-order valence-electron chi connectivity index (χ3n) is 3.38. The van der Waals surface area contributed by atoms with Crippen molar-refractivity contribution < 1.29 is 9.52 Å². The standard InChI is InChI=1S/C16H12N2O2/c19-14-8-12-6-7-13-10-18(17-15(13)16(12)20-14)9-11-4-2-1-3-5-11/h1-8,10,19H,9H2. The maximum Gasteiger partial charge on any atom is 0.282 e. The van der Waals surface area contributed by atoms with Crippen LogP contribution in [0.25, 0.3) is 21.9 Å². The van der Waals surface area contributed by atoms with Gasteiger partial charge in [0.25, 0.3) is 5.95 Å². The summed E-state index contributed by atoms with van der Waals surface area (Å²) in [6.07, 6.45) is 1.99. The third-order valence-corrected chi connectivity index (χ3v) is 3.38. The molecule has 2 aromatic heterocycles. The molecule has 4 nitrogen and oxygen atoms in total. The van der Waals surface area contributed by atoms with Crippen molar-refractivity contribution in [2.45, 2.75) is 6.54 Å². The Balaban J connectivity index is 1.84. The third kappa shape index (κ3) is 1.73. The molecule has 0 bridgehead atoms. The zero-order valence-electron chi connectivity index (χ0n) is 10.7. The number of hydrogen-bond acceptors (Lipinski definition) is 3. The quantitative estimate of drug-likeness (QED) is 0.602. The highest BCUT2D eigenvalue weighted by Gasteiger charge is 2.10. The van der Waals surface area contributed by atoms with E-state index in [1.54, 1.807) is 6.07 Å². The summed E-state index contributed by atoms with van der Waals surface area (Å²) >= 11 is 0. The summed E-state index contributed by atoms with van der Waals surface area (Å²) in [5.74, 6) is -0.0786. The largest absolute Gasteiger partial charge is 0.481 e. The molecule has 0 aliphatic rings. The summed E-state index contributed by atoms with van der Waals surface area (Å²) in [7, 11) is 0. The molecule has 1 N–H and O–H groups in total. The molecule has 4 aromatic rings. The van der Waals surface area contributed by atoms with E-state index in [4.69, 9.17) is 4.42 Å². The van der Waals surface area contributed by atoms with E-state index in [0.29, 0.717) is 12.1 Å². The van der Waals surface area contributed by atoms with E-state index in [0.717, 1.165) is 16.3 Å². The van der Waals surface area contributed by atoms with E-state index >= 15 is 0 Å². The fraction of sp³-hybridized carbons (Fsp3) is 0.0625. The second-order valence-corrected chi connectivity index (χ2v) is 4.82. The summed E-state index contributed by atoms with van der Waals surface area (Å²) in [6.45, 7) is 0.712. The van der Waals surface area contributed by atoms with Gasteiger partial charge in [0, 0.05) is 23.0 Å². The first-order valence-electron chi connectivity index (χ1n) is 6.42. The Kier molecular flexibility index (Phi) is 2.29. The predicted octanol–water partition coefficient (Wildman–Crippen LogP) is 3.54. The van der Waals surface area contributed by atoms with Gasteiger partial charge in [0.05, 0.1) is 6.54 Å². The molecule has 0 fully saturated rings. The zero-order valence-corrected chi connectivity index (χ0v) is 10.7. The van der Waals surface area contributed by atoms with Crippen LogP contribution in [0, 0.1) is 0 Å². The van der Waals surface area contributed by atoms with E-state index < -0.39 is 0 Å². The van der Waals surface area contributed by atoms with Crippen molar-refractivity contribution >= 4 is 21.9 Å². The van der Waals surface area contributed by atoms with E-state index in [2.05, 4.69) is 17.2 Å². The van der Waals surface area contributed by atoms with Gasteiger partial charge in [-0.25, -0.2) is 0 Å². The van der Waals surface area contributed by atoms with Crippen LogP contribution < -0.4 is 0 Å². The minimum Gasteiger partial charge on any atom is -0.481 e. The maximum absolute atomic E-state index is 9.46. The van der Waals surface area contributed by atoms with Crippen LogP contribution in [0.15, 0.2) is 59.1 Å². The molecule has 0 spiro atoms. The summed E-state index contributed by atoms with van der Waals surface area (Å²) in [5, 5.41) is 15.9. The smallest absolute Gasteiger partial charge is 0.282 e. The lowest BCUT2D eigenvalue weighted by Crippen LogP contribution is -1.99. The fourth-order valence-electron chi connectivity index (χ4n) is 2.47. The van der Waals surface area contributed by atoms with Crippen LogP contribution in [0.2, 0.25) is 0 Å². The Morgan fingerprint density at radius 1 is 1.05 bits per heavy atom. The van der Waals surface area contributed by atoms with Gasteiger partial charge >= 0.3 is 0 Å². The Morgan fingerprint density at radius 3 is 2.70 bits per heavy atom. The van der Waals surface area contributed by atoms with Gasteiger partial charge in [-0.2, -0.15) is 5.10 Å². The van der Waals surface area contributed by atoms with Crippen LogP contribution in [-0.2, 0) is 6.54 Å². The number of fused-ring (bicyclic) bond motifs is 3. The number of rotatable bonds is 2.